The maximum atomic E-state index is 13.5. The van der Waals surface area contributed by atoms with Crippen molar-refractivity contribution in [2.24, 2.45) is 5.41 Å². The third-order valence-corrected chi connectivity index (χ3v) is 8.51. The zero-order valence-electron chi connectivity index (χ0n) is 23.3. The first-order valence-electron chi connectivity index (χ1n) is 14.1. The molecule has 1 spiro atoms. The van der Waals surface area contributed by atoms with Crippen LogP contribution in [0.3, 0.4) is 0 Å². The second-order valence-electron chi connectivity index (χ2n) is 10.9. The van der Waals surface area contributed by atoms with Gasteiger partial charge in [-0.05, 0) is 74.1 Å². The van der Waals surface area contributed by atoms with Crippen molar-refractivity contribution < 1.29 is 14.3 Å². The van der Waals surface area contributed by atoms with Crippen LogP contribution in [0.5, 0.6) is 5.75 Å². The van der Waals surface area contributed by atoms with Gasteiger partial charge in [-0.15, -0.1) is 12.4 Å². The van der Waals surface area contributed by atoms with Crippen LogP contribution in [-0.2, 0) is 22.7 Å². The minimum Gasteiger partial charge on any atom is -0.497 e. The Labute approximate surface area is 244 Å². The Hall–Kier alpha value is -3.35. The molecule has 3 aromatic rings. The molecule has 212 valence electrons. The summed E-state index contributed by atoms with van der Waals surface area (Å²) in [6.45, 7) is 4.65. The zero-order valence-corrected chi connectivity index (χ0v) is 24.1. The lowest BCUT2D eigenvalue weighted by Crippen LogP contribution is -2.45. The molecule has 0 aliphatic carbocycles. The number of carbonyl (C=O) groups is 2. The number of amides is 2. The predicted octanol–water partition coefficient (Wildman–Crippen LogP) is 5.42. The monoisotopic (exact) mass is 561 g/mol. The van der Waals surface area contributed by atoms with Crippen molar-refractivity contribution in [3.63, 3.8) is 0 Å². The molecule has 1 unspecified atom stereocenters. The van der Waals surface area contributed by atoms with E-state index in [1.807, 2.05) is 89.8 Å². The average molecular weight is 562 g/mol. The molecule has 0 aromatic heterocycles. The van der Waals surface area contributed by atoms with Crippen molar-refractivity contribution in [1.29, 1.82) is 0 Å². The van der Waals surface area contributed by atoms with Gasteiger partial charge in [0.2, 0.25) is 11.8 Å². The van der Waals surface area contributed by atoms with Gasteiger partial charge < -0.3 is 19.9 Å². The Morgan fingerprint density at radius 1 is 0.875 bits per heavy atom. The number of hydrogen-bond acceptors (Lipinski definition) is 4. The standard InChI is InChI=1S/C33H39N3O3.ClH/c1-39-29-14-12-27(13-15-29)25-36-23-19-33(32(36)38)17-21-35(22-18-33)20-16-30(28-10-6-3-7-11-28)31(37)34-24-26-8-4-2-5-9-26;/h2-15,30H,16-25H2,1H3,(H,34,37);1H. The molecule has 2 aliphatic heterocycles. The highest BCUT2D eigenvalue weighted by atomic mass is 35.5. The summed E-state index contributed by atoms with van der Waals surface area (Å²) < 4.78 is 5.26. The average Bonchev–Trinajstić information content (AvgIpc) is 3.28. The van der Waals surface area contributed by atoms with Gasteiger partial charge in [0.05, 0.1) is 18.4 Å². The van der Waals surface area contributed by atoms with E-state index in [1.165, 1.54) is 0 Å². The first-order chi connectivity index (χ1) is 19.1. The van der Waals surface area contributed by atoms with Gasteiger partial charge in [0.1, 0.15) is 5.75 Å². The number of nitrogens with zero attached hydrogens (tertiary/aromatic N) is 2. The van der Waals surface area contributed by atoms with E-state index in [9.17, 15) is 9.59 Å². The quantitative estimate of drug-likeness (QED) is 0.359. The van der Waals surface area contributed by atoms with Gasteiger partial charge in [0, 0.05) is 19.6 Å². The number of nitrogens with one attached hydrogen (secondary N) is 1. The van der Waals surface area contributed by atoms with Crippen LogP contribution < -0.4 is 10.1 Å². The molecule has 3 aromatic carbocycles. The molecule has 2 amide bonds. The topological polar surface area (TPSA) is 61.9 Å². The van der Waals surface area contributed by atoms with Gasteiger partial charge in [0.25, 0.3) is 0 Å². The van der Waals surface area contributed by atoms with Crippen LogP contribution >= 0.6 is 12.4 Å². The number of carbonyl (C=O) groups excluding carboxylic acids is 2. The minimum absolute atomic E-state index is 0. The van der Waals surface area contributed by atoms with E-state index in [-0.39, 0.29) is 29.6 Å². The van der Waals surface area contributed by atoms with E-state index in [1.54, 1.807) is 7.11 Å². The second kappa shape index (κ2) is 13.8. The highest BCUT2D eigenvalue weighted by Crippen LogP contribution is 2.42. The molecule has 1 atom stereocenters. The molecule has 40 heavy (non-hydrogen) atoms. The first kappa shape index (κ1) is 29.6. The Kier molecular flexibility index (Phi) is 10.2. The summed E-state index contributed by atoms with van der Waals surface area (Å²) in [5.74, 6) is 1.01. The minimum atomic E-state index is -0.227. The predicted molar refractivity (Wildman–Crippen MR) is 160 cm³/mol. The van der Waals surface area contributed by atoms with Crippen LogP contribution in [0.15, 0.2) is 84.9 Å². The Bertz CT molecular complexity index is 1230. The van der Waals surface area contributed by atoms with E-state index in [4.69, 9.17) is 4.74 Å². The third kappa shape index (κ3) is 7.04. The second-order valence-corrected chi connectivity index (χ2v) is 10.9. The zero-order chi connectivity index (χ0) is 27.1. The van der Waals surface area contributed by atoms with Crippen LogP contribution in [0.2, 0.25) is 0 Å². The van der Waals surface area contributed by atoms with Crippen LogP contribution in [-0.4, -0.2) is 54.9 Å². The number of ether oxygens (including phenoxy) is 1. The smallest absolute Gasteiger partial charge is 0.229 e. The van der Waals surface area contributed by atoms with Crippen LogP contribution in [0, 0.1) is 5.41 Å². The van der Waals surface area contributed by atoms with E-state index in [0.29, 0.717) is 19.0 Å². The molecule has 0 saturated carbocycles. The van der Waals surface area contributed by atoms with Crippen LogP contribution in [0.25, 0.3) is 0 Å². The van der Waals surface area contributed by atoms with Crippen molar-refractivity contribution >= 4 is 24.2 Å². The summed E-state index contributed by atoms with van der Waals surface area (Å²) in [6.07, 6.45) is 3.47. The molecule has 6 nitrogen and oxygen atoms in total. The fourth-order valence-corrected chi connectivity index (χ4v) is 6.02. The molecule has 2 heterocycles. The normalized spacial score (nSPS) is 17.3. The molecule has 0 bridgehead atoms. The van der Waals surface area contributed by atoms with E-state index >= 15 is 0 Å². The van der Waals surface area contributed by atoms with Crippen molar-refractivity contribution in [3.8, 4) is 5.75 Å². The number of rotatable bonds is 10. The molecule has 2 fully saturated rings. The molecule has 7 heteroatoms. The highest BCUT2D eigenvalue weighted by Gasteiger charge is 2.47. The van der Waals surface area contributed by atoms with Gasteiger partial charge in [-0.2, -0.15) is 0 Å². The first-order valence-corrected chi connectivity index (χ1v) is 14.1. The summed E-state index contributed by atoms with van der Waals surface area (Å²) in [4.78, 5) is 31.2. The van der Waals surface area contributed by atoms with Gasteiger partial charge in [-0.25, -0.2) is 0 Å². The Balaban J connectivity index is 0.00000370. The van der Waals surface area contributed by atoms with Gasteiger partial charge in [0.15, 0.2) is 0 Å². The molecular formula is C33H40ClN3O3. The maximum absolute atomic E-state index is 13.5. The lowest BCUT2D eigenvalue weighted by Gasteiger charge is -2.38. The largest absolute Gasteiger partial charge is 0.497 e. The molecule has 2 saturated heterocycles. The van der Waals surface area contributed by atoms with Crippen LogP contribution in [0.1, 0.15) is 48.3 Å². The summed E-state index contributed by atoms with van der Waals surface area (Å²) in [7, 11) is 1.66. The SMILES string of the molecule is COc1ccc(CN2CCC3(CCN(CCC(C(=O)NCc4ccccc4)c4ccccc4)CC3)C2=O)cc1.Cl. The van der Waals surface area contributed by atoms with E-state index in [0.717, 1.165) is 74.3 Å². The lowest BCUT2D eigenvalue weighted by atomic mass is 9.77. The summed E-state index contributed by atoms with van der Waals surface area (Å²) >= 11 is 0. The van der Waals surface area contributed by atoms with Crippen LogP contribution in [0.4, 0.5) is 0 Å². The number of piperidine rings is 1. The summed E-state index contributed by atoms with van der Waals surface area (Å²) in [5.41, 5.74) is 3.06. The molecule has 2 aliphatic rings. The van der Waals surface area contributed by atoms with Crippen molar-refractivity contribution in [3.05, 3.63) is 102 Å². The van der Waals surface area contributed by atoms with Gasteiger partial charge in [-0.3, -0.25) is 9.59 Å². The molecular weight excluding hydrogens is 522 g/mol. The number of methoxy groups -OCH3 is 1. The van der Waals surface area contributed by atoms with Gasteiger partial charge in [-0.1, -0.05) is 72.8 Å². The van der Waals surface area contributed by atoms with Crippen molar-refractivity contribution in [2.75, 3.05) is 33.3 Å². The van der Waals surface area contributed by atoms with E-state index in [2.05, 4.69) is 10.2 Å². The van der Waals surface area contributed by atoms with Crippen molar-refractivity contribution in [2.45, 2.75) is 44.7 Å². The fourth-order valence-electron chi connectivity index (χ4n) is 6.02. The third-order valence-electron chi connectivity index (χ3n) is 8.51. The Morgan fingerprint density at radius 3 is 2.15 bits per heavy atom. The summed E-state index contributed by atoms with van der Waals surface area (Å²) in [5, 5.41) is 3.15. The van der Waals surface area contributed by atoms with E-state index < -0.39 is 0 Å². The lowest BCUT2D eigenvalue weighted by molar-refractivity contribution is -0.138. The number of benzene rings is 3. The number of hydrogen-bond donors (Lipinski definition) is 1. The molecule has 5 rings (SSSR count). The van der Waals surface area contributed by atoms with Crippen molar-refractivity contribution in [1.82, 2.24) is 15.1 Å². The fraction of sp³-hybridized carbons (Fsp3) is 0.394. The highest BCUT2D eigenvalue weighted by molar-refractivity contribution is 5.85. The number of halogens is 1. The Morgan fingerprint density at radius 2 is 1.50 bits per heavy atom. The molecule has 1 N–H and O–H groups in total. The maximum Gasteiger partial charge on any atom is 0.229 e. The summed E-state index contributed by atoms with van der Waals surface area (Å²) in [6, 6.07) is 28.1. The number of likely N-dealkylation sites (tertiary alicyclic amines) is 2. The molecule has 0 radical (unpaired) electrons. The van der Waals surface area contributed by atoms with Gasteiger partial charge >= 0.3 is 0 Å².